The molecule has 0 rings (SSSR count). The SMILES string of the molecule is [Co+2].[Li+].[O-][As]([O-])[O-]. The molecule has 0 aliphatic rings. The van der Waals surface area contributed by atoms with Gasteiger partial charge < -0.3 is 0 Å². The first-order chi connectivity index (χ1) is 1.73. The summed E-state index contributed by atoms with van der Waals surface area (Å²) in [5.41, 5.74) is 0. The van der Waals surface area contributed by atoms with Gasteiger partial charge in [0.2, 0.25) is 0 Å². The minimum atomic E-state index is -3.94. The molecule has 0 atom stereocenters. The van der Waals surface area contributed by atoms with Crippen molar-refractivity contribution in [3.63, 3.8) is 0 Å². The Hall–Kier alpha value is 1.54. The number of hydrogen-bond donors (Lipinski definition) is 0. The van der Waals surface area contributed by atoms with E-state index >= 15 is 0 Å². The van der Waals surface area contributed by atoms with E-state index in [-0.39, 0.29) is 35.6 Å². The minimum absolute atomic E-state index is 0. The van der Waals surface area contributed by atoms with Crippen molar-refractivity contribution in [2.24, 2.45) is 0 Å². The Balaban J connectivity index is -0.0000000450. The second kappa shape index (κ2) is 9.74. The Morgan fingerprint density at radius 3 is 1.00 bits per heavy atom. The summed E-state index contributed by atoms with van der Waals surface area (Å²) in [7, 11) is 0. The van der Waals surface area contributed by atoms with E-state index in [9.17, 15) is 0 Å². The Kier molecular flexibility index (Phi) is 25.4. The molecule has 6 heavy (non-hydrogen) atoms. The fourth-order valence-corrected chi connectivity index (χ4v) is 0. The summed E-state index contributed by atoms with van der Waals surface area (Å²) >= 11 is -3.94. The van der Waals surface area contributed by atoms with Gasteiger partial charge in [-0.1, -0.05) is 0 Å². The third-order valence-corrected chi connectivity index (χ3v) is 0. The average Bonchev–Trinajstić information content (AvgIpc) is 0.811. The van der Waals surface area contributed by atoms with Gasteiger partial charge in [-0.3, -0.25) is 0 Å². The molecule has 0 aliphatic carbocycles. The molecule has 0 bridgehead atoms. The Bertz CT molecular complexity index is 15.5. The molecule has 0 N–H and O–H groups in total. The summed E-state index contributed by atoms with van der Waals surface area (Å²) in [6, 6.07) is 0. The second-order valence-electron chi connectivity index (χ2n) is 0.224. The standard InChI is InChI=1S/AsO3.Co.Li/c2-1(3)4;;/q-3;+2;+1. The second-order valence-corrected chi connectivity index (χ2v) is 1.16. The van der Waals surface area contributed by atoms with Crippen LogP contribution >= 0.6 is 0 Å². The van der Waals surface area contributed by atoms with Gasteiger partial charge in [0.25, 0.3) is 0 Å². The van der Waals surface area contributed by atoms with Crippen molar-refractivity contribution in [3.05, 3.63) is 0 Å². The van der Waals surface area contributed by atoms with E-state index < -0.39 is 15.7 Å². The van der Waals surface area contributed by atoms with Gasteiger partial charge in [0.15, 0.2) is 0 Å². The topological polar surface area (TPSA) is 69.2 Å². The van der Waals surface area contributed by atoms with Crippen molar-refractivity contribution in [1.82, 2.24) is 0 Å². The van der Waals surface area contributed by atoms with Gasteiger partial charge in [-0.05, 0) is 0 Å². The van der Waals surface area contributed by atoms with Gasteiger partial charge in [-0.25, -0.2) is 0 Å². The summed E-state index contributed by atoms with van der Waals surface area (Å²) in [4.78, 5) is 0. The summed E-state index contributed by atoms with van der Waals surface area (Å²) in [6.45, 7) is 0. The van der Waals surface area contributed by atoms with Crippen LogP contribution in [0.4, 0.5) is 0 Å². The van der Waals surface area contributed by atoms with Crippen molar-refractivity contribution >= 4 is 15.7 Å². The van der Waals surface area contributed by atoms with Crippen LogP contribution < -0.4 is 31.1 Å². The zero-order valence-electron chi connectivity index (χ0n) is 3.01. The van der Waals surface area contributed by atoms with E-state index in [1.807, 2.05) is 0 Å². The summed E-state index contributed by atoms with van der Waals surface area (Å²) in [5.74, 6) is 0. The third kappa shape index (κ3) is 48.1. The van der Waals surface area contributed by atoms with Crippen LogP contribution in [0.5, 0.6) is 0 Å². The molecule has 0 aromatic rings. The zero-order valence-corrected chi connectivity index (χ0v) is 5.92. The predicted molar refractivity (Wildman–Crippen MR) is 5.75 cm³/mol. The first kappa shape index (κ1) is 15.6. The van der Waals surface area contributed by atoms with Gasteiger partial charge in [0.05, 0.1) is 0 Å². The van der Waals surface area contributed by atoms with Crippen LogP contribution in [-0.4, -0.2) is 15.7 Å². The van der Waals surface area contributed by atoms with Crippen LogP contribution in [0.15, 0.2) is 0 Å². The Morgan fingerprint density at radius 1 is 1.00 bits per heavy atom. The molecule has 0 aromatic heterocycles. The molecule has 0 spiro atoms. The van der Waals surface area contributed by atoms with Gasteiger partial charge >= 0.3 is 63.6 Å². The van der Waals surface area contributed by atoms with E-state index in [2.05, 4.69) is 0 Å². The first-order valence-electron chi connectivity index (χ1n) is 0.548. The van der Waals surface area contributed by atoms with Crippen molar-refractivity contribution in [2.75, 3.05) is 0 Å². The first-order valence-corrected chi connectivity index (χ1v) is 2.85. The predicted octanol–water partition coefficient (Wildman–Crippen LogP) is -6.95. The molecule has 0 amide bonds. The van der Waals surface area contributed by atoms with Crippen molar-refractivity contribution in [1.29, 1.82) is 0 Å². The van der Waals surface area contributed by atoms with E-state index in [0.29, 0.717) is 0 Å². The summed E-state index contributed by atoms with van der Waals surface area (Å²) < 4.78 is 25.7. The van der Waals surface area contributed by atoms with Crippen LogP contribution in [0.2, 0.25) is 0 Å². The van der Waals surface area contributed by atoms with Crippen molar-refractivity contribution in [3.8, 4) is 0 Å². The molecule has 1 radical (unpaired) electrons. The van der Waals surface area contributed by atoms with E-state index in [0.717, 1.165) is 0 Å². The van der Waals surface area contributed by atoms with Gasteiger partial charge in [-0.2, -0.15) is 0 Å². The van der Waals surface area contributed by atoms with Crippen LogP contribution in [0, 0.1) is 0 Å². The van der Waals surface area contributed by atoms with Gasteiger partial charge in [0, 0.05) is 0 Å². The molecule has 0 fully saturated rings. The van der Waals surface area contributed by atoms with Crippen LogP contribution in [0.25, 0.3) is 0 Å². The Labute approximate surface area is 63.4 Å². The maximum atomic E-state index is 8.56. The molecule has 0 aliphatic heterocycles. The molecule has 33 valence electrons. The quantitative estimate of drug-likeness (QED) is 0.355. The Morgan fingerprint density at radius 2 is 1.00 bits per heavy atom. The monoisotopic (exact) mass is 189 g/mol. The molecule has 6 heteroatoms. The van der Waals surface area contributed by atoms with Gasteiger partial charge in [-0.15, -0.1) is 0 Å². The average molecular weight is 189 g/mol. The normalized spacial score (nSPS) is 6.00. The van der Waals surface area contributed by atoms with Crippen LogP contribution in [0.3, 0.4) is 0 Å². The zero-order chi connectivity index (χ0) is 3.58. The molecule has 0 saturated carbocycles. The fraction of sp³-hybridized carbons (Fsp3) is 0. The van der Waals surface area contributed by atoms with E-state index in [1.54, 1.807) is 0 Å². The summed E-state index contributed by atoms with van der Waals surface area (Å²) in [6.07, 6.45) is 0. The molecule has 0 unspecified atom stereocenters. The fourth-order valence-electron chi connectivity index (χ4n) is 0. The molecular formula is AsCoLiO3. The number of hydrogen-bond acceptors (Lipinski definition) is 3. The van der Waals surface area contributed by atoms with Crippen molar-refractivity contribution in [2.45, 2.75) is 0 Å². The molecule has 0 heterocycles. The van der Waals surface area contributed by atoms with Crippen LogP contribution in [0.1, 0.15) is 0 Å². The van der Waals surface area contributed by atoms with E-state index in [4.69, 9.17) is 12.3 Å². The third-order valence-electron chi connectivity index (χ3n) is 0. The van der Waals surface area contributed by atoms with E-state index in [1.165, 1.54) is 0 Å². The molecule has 0 aromatic carbocycles. The maximum absolute atomic E-state index is 8.56. The number of rotatable bonds is 0. The van der Waals surface area contributed by atoms with Gasteiger partial charge in [0.1, 0.15) is 0 Å². The molecule has 3 nitrogen and oxygen atoms in total. The van der Waals surface area contributed by atoms with Crippen LogP contribution in [-0.2, 0) is 16.8 Å². The summed E-state index contributed by atoms with van der Waals surface area (Å²) in [5, 5.41) is 0. The molecular weight excluding hydrogens is 189 g/mol. The van der Waals surface area contributed by atoms with Crippen molar-refractivity contribution < 1.29 is 47.9 Å². The molecule has 0 saturated heterocycles.